The largest absolute Gasteiger partial charge is 0.496 e. The summed E-state index contributed by atoms with van der Waals surface area (Å²) in [6, 6.07) is 11.8. The second-order valence-corrected chi connectivity index (χ2v) is 8.30. The lowest BCUT2D eigenvalue weighted by Gasteiger charge is -2.51. The normalized spacial score (nSPS) is 26.6. The zero-order chi connectivity index (χ0) is 20.4. The van der Waals surface area contributed by atoms with Crippen molar-refractivity contribution >= 4 is 27.5 Å². The maximum absolute atomic E-state index is 13.5. The molecule has 29 heavy (non-hydrogen) atoms. The number of ketones is 2. The molecule has 0 amide bonds. The number of ether oxygens (including phenoxy) is 3. The van der Waals surface area contributed by atoms with E-state index < -0.39 is 11.8 Å². The molecule has 148 valence electrons. The predicted molar refractivity (Wildman–Crippen MR) is 110 cm³/mol. The highest BCUT2D eigenvalue weighted by molar-refractivity contribution is 9.12. The molecule has 6 heteroatoms. The van der Waals surface area contributed by atoms with Gasteiger partial charge in [-0.25, -0.2) is 0 Å². The fourth-order valence-corrected chi connectivity index (χ4v) is 6.10. The van der Waals surface area contributed by atoms with Crippen LogP contribution in [0, 0.1) is 11.8 Å². The quantitative estimate of drug-likeness (QED) is 0.702. The van der Waals surface area contributed by atoms with E-state index in [9.17, 15) is 9.59 Å². The number of Topliss-reactive ketones (excluding diaryl/α,β-unsaturated/α-hetero) is 2. The van der Waals surface area contributed by atoms with Gasteiger partial charge in [0.1, 0.15) is 16.0 Å². The van der Waals surface area contributed by atoms with Crippen molar-refractivity contribution in [1.29, 1.82) is 0 Å². The number of rotatable bonds is 3. The summed E-state index contributed by atoms with van der Waals surface area (Å²) in [6.07, 6.45) is 0. The van der Waals surface area contributed by atoms with Crippen LogP contribution in [0.15, 0.2) is 46.6 Å². The number of allylic oxidation sites excluding steroid dienone is 2. The number of methoxy groups -OCH3 is 3. The van der Waals surface area contributed by atoms with Crippen molar-refractivity contribution in [3.8, 4) is 11.5 Å². The molecule has 2 aromatic rings. The maximum Gasteiger partial charge on any atom is 0.203 e. The fourth-order valence-electron chi connectivity index (χ4n) is 5.48. The number of hydrogen-bond acceptors (Lipinski definition) is 5. The third-order valence-electron chi connectivity index (χ3n) is 6.49. The van der Waals surface area contributed by atoms with Crippen LogP contribution in [0.5, 0.6) is 11.5 Å². The van der Waals surface area contributed by atoms with Gasteiger partial charge in [0.15, 0.2) is 11.5 Å². The van der Waals surface area contributed by atoms with Gasteiger partial charge < -0.3 is 14.2 Å². The molecule has 5 nitrogen and oxygen atoms in total. The molecule has 0 saturated carbocycles. The zero-order valence-corrected chi connectivity index (χ0v) is 17.8. The van der Waals surface area contributed by atoms with E-state index in [2.05, 4.69) is 15.9 Å². The summed E-state index contributed by atoms with van der Waals surface area (Å²) < 4.78 is 16.9. The minimum Gasteiger partial charge on any atom is -0.496 e. The molecule has 0 aliphatic heterocycles. The Kier molecular flexibility index (Phi) is 4.10. The van der Waals surface area contributed by atoms with Gasteiger partial charge in [0.2, 0.25) is 5.78 Å². The fraction of sp³-hybridized carbons (Fsp3) is 0.304. The van der Waals surface area contributed by atoms with Crippen molar-refractivity contribution in [2.45, 2.75) is 11.8 Å². The van der Waals surface area contributed by atoms with Crippen LogP contribution in [0.4, 0.5) is 0 Å². The summed E-state index contributed by atoms with van der Waals surface area (Å²) >= 11 is 3.33. The van der Waals surface area contributed by atoms with Crippen LogP contribution in [0.3, 0.4) is 0 Å². The summed E-state index contributed by atoms with van der Waals surface area (Å²) in [4.78, 5) is 26.9. The van der Waals surface area contributed by atoms with Gasteiger partial charge in [-0.1, -0.05) is 24.3 Å². The summed E-state index contributed by atoms with van der Waals surface area (Å²) in [5, 5.41) is 0. The van der Waals surface area contributed by atoms with Gasteiger partial charge in [0, 0.05) is 34.8 Å². The monoisotopic (exact) mass is 454 g/mol. The van der Waals surface area contributed by atoms with Gasteiger partial charge in [-0.05, 0) is 39.2 Å². The van der Waals surface area contributed by atoms with Gasteiger partial charge in [-0.2, -0.15) is 0 Å². The first kappa shape index (κ1) is 18.4. The van der Waals surface area contributed by atoms with Crippen molar-refractivity contribution in [3.63, 3.8) is 0 Å². The Bertz CT molecular complexity index is 1100. The maximum atomic E-state index is 13.5. The van der Waals surface area contributed by atoms with E-state index in [-0.39, 0.29) is 33.6 Å². The standard InChI is InChI=1S/C23H19BrO5/c1-27-12-8-9-13(28-2)17-15-11-7-5-4-6-10(11)14(16(12)17)18-19(15)22(26)23(29-3)20(24)21(18)25/h4-9,14-15,18-19H,1-3H3. The van der Waals surface area contributed by atoms with Gasteiger partial charge >= 0.3 is 0 Å². The minimum absolute atomic E-state index is 0.102. The first-order chi connectivity index (χ1) is 14.0. The summed E-state index contributed by atoms with van der Waals surface area (Å²) in [7, 11) is 4.67. The van der Waals surface area contributed by atoms with E-state index in [0.29, 0.717) is 11.5 Å². The van der Waals surface area contributed by atoms with Gasteiger partial charge in [0.25, 0.3) is 0 Å². The highest BCUT2D eigenvalue weighted by Gasteiger charge is 2.60. The molecule has 4 aliphatic carbocycles. The van der Waals surface area contributed by atoms with Gasteiger partial charge in [0.05, 0.1) is 21.3 Å². The lowest BCUT2D eigenvalue weighted by molar-refractivity contribution is -0.134. The smallest absolute Gasteiger partial charge is 0.203 e. The van der Waals surface area contributed by atoms with Crippen LogP contribution in [-0.4, -0.2) is 32.9 Å². The Hall–Kier alpha value is -2.60. The molecule has 0 N–H and O–H groups in total. The Morgan fingerprint density at radius 2 is 1.21 bits per heavy atom. The molecule has 2 aromatic carbocycles. The minimum atomic E-state index is -0.535. The van der Waals surface area contributed by atoms with Crippen LogP contribution in [0.2, 0.25) is 0 Å². The molecule has 0 radical (unpaired) electrons. The van der Waals surface area contributed by atoms with E-state index in [1.54, 1.807) is 14.2 Å². The topological polar surface area (TPSA) is 61.8 Å². The van der Waals surface area contributed by atoms with Gasteiger partial charge in [-0.3, -0.25) is 9.59 Å². The first-order valence-electron chi connectivity index (χ1n) is 9.40. The number of benzene rings is 2. The van der Waals surface area contributed by atoms with Crippen molar-refractivity contribution < 1.29 is 23.8 Å². The van der Waals surface area contributed by atoms with Gasteiger partial charge in [-0.15, -0.1) is 0 Å². The molecule has 2 bridgehead atoms. The van der Waals surface area contributed by atoms with Crippen molar-refractivity contribution in [1.82, 2.24) is 0 Å². The molecule has 0 spiro atoms. The Labute approximate surface area is 176 Å². The van der Waals surface area contributed by atoms with E-state index in [1.165, 1.54) is 7.11 Å². The molecule has 0 saturated heterocycles. The summed E-state index contributed by atoms with van der Waals surface area (Å²) in [5.41, 5.74) is 4.01. The average Bonchev–Trinajstić information content (AvgIpc) is 2.76. The molecule has 4 aliphatic rings. The number of carbonyl (C=O) groups is 2. The third kappa shape index (κ3) is 2.21. The lowest BCUT2D eigenvalue weighted by atomic mass is 9.51. The SMILES string of the molecule is COC1=C(Br)C(=O)C2C3c4ccccc4C(c4c(OC)ccc(OC)c43)C2C1=O. The first-order valence-corrected chi connectivity index (χ1v) is 10.2. The second-order valence-electron chi connectivity index (χ2n) is 7.51. The molecule has 4 unspecified atom stereocenters. The highest BCUT2D eigenvalue weighted by atomic mass is 79.9. The van der Waals surface area contributed by atoms with Crippen LogP contribution in [0.25, 0.3) is 0 Å². The Balaban J connectivity index is 1.88. The van der Waals surface area contributed by atoms with Crippen LogP contribution in [0.1, 0.15) is 34.1 Å². The Morgan fingerprint density at radius 3 is 1.66 bits per heavy atom. The van der Waals surface area contributed by atoms with E-state index in [1.807, 2.05) is 36.4 Å². The Morgan fingerprint density at radius 1 is 0.724 bits per heavy atom. The van der Waals surface area contributed by atoms with Crippen LogP contribution in [-0.2, 0) is 14.3 Å². The molecular weight excluding hydrogens is 436 g/mol. The number of carbonyl (C=O) groups excluding carboxylic acids is 2. The second kappa shape index (κ2) is 6.46. The molecular formula is C23H19BrO5. The summed E-state index contributed by atoms with van der Waals surface area (Å²) in [5.74, 6) is -0.373. The molecule has 4 atom stereocenters. The van der Waals surface area contributed by atoms with E-state index in [0.717, 1.165) is 22.3 Å². The molecule has 0 fully saturated rings. The lowest BCUT2D eigenvalue weighted by Crippen LogP contribution is -2.50. The van der Waals surface area contributed by atoms with Crippen molar-refractivity contribution in [2.75, 3.05) is 21.3 Å². The zero-order valence-electron chi connectivity index (χ0n) is 16.2. The number of hydrogen-bond donors (Lipinski definition) is 0. The van der Waals surface area contributed by atoms with E-state index in [4.69, 9.17) is 14.2 Å². The predicted octanol–water partition coefficient (Wildman–Crippen LogP) is 3.93. The molecule has 6 rings (SSSR count). The van der Waals surface area contributed by atoms with E-state index >= 15 is 0 Å². The van der Waals surface area contributed by atoms with Crippen LogP contribution >= 0.6 is 15.9 Å². The van der Waals surface area contributed by atoms with Crippen molar-refractivity contribution in [2.24, 2.45) is 11.8 Å². The third-order valence-corrected chi connectivity index (χ3v) is 7.24. The average molecular weight is 455 g/mol. The van der Waals surface area contributed by atoms with Crippen molar-refractivity contribution in [3.05, 3.63) is 68.9 Å². The van der Waals surface area contributed by atoms with Crippen LogP contribution < -0.4 is 9.47 Å². The molecule has 0 aromatic heterocycles. The molecule has 0 heterocycles. The number of halogens is 1. The summed E-state index contributed by atoms with van der Waals surface area (Å²) in [6.45, 7) is 0. The highest BCUT2D eigenvalue weighted by Crippen LogP contribution is 2.64.